The minimum atomic E-state index is -4.88. The lowest BCUT2D eigenvalue weighted by Gasteiger charge is -2.47. The number of piperidine rings is 1. The molecule has 2 nitrogen and oxygen atoms in total. The summed E-state index contributed by atoms with van der Waals surface area (Å²) in [7, 11) is 0. The monoisotopic (exact) mass is 513 g/mol. The lowest BCUT2D eigenvalue weighted by molar-refractivity contribution is -0.143. The number of aryl methyl sites for hydroxylation is 1. The van der Waals surface area contributed by atoms with Crippen molar-refractivity contribution in [2.75, 3.05) is 13.1 Å². The summed E-state index contributed by atoms with van der Waals surface area (Å²) in [5, 5.41) is 11.4. The van der Waals surface area contributed by atoms with E-state index in [0.717, 1.165) is 56.5 Å². The van der Waals surface area contributed by atoms with E-state index in [0.29, 0.717) is 6.04 Å². The summed E-state index contributed by atoms with van der Waals surface area (Å²) in [5.74, 6) is 0. The molecule has 0 aromatic heterocycles. The van der Waals surface area contributed by atoms with Crippen molar-refractivity contribution in [1.82, 2.24) is 4.90 Å². The topological polar surface area (TPSA) is 23.5 Å². The normalized spacial score (nSPS) is 25.0. The molecule has 1 aliphatic carbocycles. The third kappa shape index (κ3) is 6.08. The standard InChI is InChI=1S/C28H33F6NO/c29-27(30,31)22-17-20(18-23(19-22)28(32,33)34)9-10-25(36)26(21-7-3-1-4-8-21)13-11-24(12-14-26)35-15-5-2-6-16-35/h1,3-4,7-8,17-19,24-25,36H,2,5-6,9-16H2/t24-,25-,26+/m1/s1. The van der Waals surface area contributed by atoms with E-state index in [9.17, 15) is 31.4 Å². The molecule has 0 spiro atoms. The van der Waals surface area contributed by atoms with Crippen LogP contribution in [0.4, 0.5) is 26.3 Å². The van der Waals surface area contributed by atoms with Crippen molar-refractivity contribution in [3.63, 3.8) is 0 Å². The first-order valence-corrected chi connectivity index (χ1v) is 12.7. The van der Waals surface area contributed by atoms with Crippen LogP contribution in [0.15, 0.2) is 48.5 Å². The molecule has 1 N–H and O–H groups in total. The van der Waals surface area contributed by atoms with Crippen LogP contribution in [0, 0.1) is 0 Å². The lowest BCUT2D eigenvalue weighted by Crippen LogP contribution is -2.49. The van der Waals surface area contributed by atoms with Crippen LogP contribution in [-0.2, 0) is 24.2 Å². The highest BCUT2D eigenvalue weighted by molar-refractivity contribution is 5.34. The maximum absolute atomic E-state index is 13.3. The fourth-order valence-corrected chi connectivity index (χ4v) is 6.09. The zero-order valence-corrected chi connectivity index (χ0v) is 20.2. The minimum absolute atomic E-state index is 0.0681. The van der Waals surface area contributed by atoms with Gasteiger partial charge in [-0.1, -0.05) is 36.8 Å². The minimum Gasteiger partial charge on any atom is -0.392 e. The lowest BCUT2D eigenvalue weighted by atomic mass is 9.63. The van der Waals surface area contributed by atoms with Gasteiger partial charge in [0.15, 0.2) is 0 Å². The van der Waals surface area contributed by atoms with Crippen LogP contribution in [0.25, 0.3) is 0 Å². The number of halogens is 6. The zero-order valence-electron chi connectivity index (χ0n) is 20.2. The molecule has 8 heteroatoms. The van der Waals surface area contributed by atoms with Gasteiger partial charge in [-0.3, -0.25) is 0 Å². The Morgan fingerprint density at radius 2 is 1.39 bits per heavy atom. The zero-order chi connectivity index (χ0) is 26.0. The highest BCUT2D eigenvalue weighted by atomic mass is 19.4. The molecule has 36 heavy (non-hydrogen) atoms. The van der Waals surface area contributed by atoms with E-state index in [1.165, 1.54) is 19.3 Å². The smallest absolute Gasteiger partial charge is 0.392 e. The second-order valence-electron chi connectivity index (χ2n) is 10.3. The van der Waals surface area contributed by atoms with Crippen molar-refractivity contribution >= 4 is 0 Å². The van der Waals surface area contributed by atoms with Crippen LogP contribution in [0.2, 0.25) is 0 Å². The number of alkyl halides is 6. The molecule has 2 aromatic carbocycles. The fraction of sp³-hybridized carbons (Fsp3) is 0.571. The van der Waals surface area contributed by atoms with Crippen LogP contribution in [0.3, 0.4) is 0 Å². The third-order valence-corrected chi connectivity index (χ3v) is 8.09. The molecule has 0 radical (unpaired) electrons. The average molecular weight is 514 g/mol. The van der Waals surface area contributed by atoms with Crippen LogP contribution in [-0.4, -0.2) is 35.2 Å². The van der Waals surface area contributed by atoms with Gasteiger partial charge in [-0.25, -0.2) is 0 Å². The summed E-state index contributed by atoms with van der Waals surface area (Å²) in [6.45, 7) is 2.17. The molecule has 1 saturated heterocycles. The van der Waals surface area contributed by atoms with E-state index in [1.54, 1.807) is 0 Å². The van der Waals surface area contributed by atoms with Gasteiger partial charge in [0, 0.05) is 11.5 Å². The van der Waals surface area contributed by atoms with Gasteiger partial charge in [0.25, 0.3) is 0 Å². The van der Waals surface area contributed by atoms with Gasteiger partial charge in [-0.05, 0) is 93.8 Å². The van der Waals surface area contributed by atoms with Gasteiger partial charge >= 0.3 is 12.4 Å². The van der Waals surface area contributed by atoms with Gasteiger partial charge in [0.2, 0.25) is 0 Å². The molecular formula is C28H33F6NO. The number of aliphatic hydroxyl groups is 1. The van der Waals surface area contributed by atoms with Gasteiger partial charge in [0.1, 0.15) is 0 Å². The largest absolute Gasteiger partial charge is 0.416 e. The summed E-state index contributed by atoms with van der Waals surface area (Å²) < 4.78 is 79.7. The maximum Gasteiger partial charge on any atom is 0.416 e. The van der Waals surface area contributed by atoms with E-state index in [4.69, 9.17) is 0 Å². The molecule has 1 heterocycles. The van der Waals surface area contributed by atoms with Gasteiger partial charge in [-0.2, -0.15) is 26.3 Å². The van der Waals surface area contributed by atoms with Crippen LogP contribution in [0.1, 0.15) is 73.6 Å². The number of benzene rings is 2. The van der Waals surface area contributed by atoms with Gasteiger partial charge in [-0.15, -0.1) is 0 Å². The SMILES string of the molecule is O[C@H](CCc1cc(C(F)(F)F)cc(C(F)(F)F)c1)[C@]1(c2ccccc2)CC[C@H](N2CCCCC2)CC1. The molecule has 1 saturated carbocycles. The predicted octanol–water partition coefficient (Wildman–Crippen LogP) is 7.38. The van der Waals surface area contributed by atoms with E-state index in [-0.39, 0.29) is 24.5 Å². The Kier molecular flexibility index (Phi) is 8.05. The predicted molar refractivity (Wildman–Crippen MR) is 127 cm³/mol. The molecule has 1 atom stereocenters. The number of nitrogens with zero attached hydrogens (tertiary/aromatic N) is 1. The Balaban J connectivity index is 1.54. The number of likely N-dealkylation sites (tertiary alicyclic amines) is 1. The Labute approximate surface area is 208 Å². The summed E-state index contributed by atoms with van der Waals surface area (Å²) in [6, 6.07) is 11.8. The molecule has 2 aromatic rings. The Bertz CT molecular complexity index is 957. The molecule has 2 fully saturated rings. The first-order valence-electron chi connectivity index (χ1n) is 12.7. The summed E-state index contributed by atoms with van der Waals surface area (Å²) >= 11 is 0. The van der Waals surface area contributed by atoms with Crippen molar-refractivity contribution in [3.05, 3.63) is 70.8 Å². The average Bonchev–Trinajstić information content (AvgIpc) is 2.87. The summed E-state index contributed by atoms with van der Waals surface area (Å²) in [6.07, 6.45) is -3.71. The Hall–Kier alpha value is -2.06. The highest BCUT2D eigenvalue weighted by Gasteiger charge is 2.44. The first kappa shape index (κ1) is 27.0. The molecule has 0 amide bonds. The van der Waals surface area contributed by atoms with Crippen LogP contribution >= 0.6 is 0 Å². The van der Waals surface area contributed by atoms with Gasteiger partial charge in [0.05, 0.1) is 17.2 Å². The highest BCUT2D eigenvalue weighted by Crippen LogP contribution is 2.45. The molecule has 1 aliphatic heterocycles. The van der Waals surface area contributed by atoms with E-state index >= 15 is 0 Å². The first-order chi connectivity index (χ1) is 17.0. The van der Waals surface area contributed by atoms with Crippen molar-refractivity contribution < 1.29 is 31.4 Å². The second-order valence-corrected chi connectivity index (χ2v) is 10.3. The van der Waals surface area contributed by atoms with Crippen molar-refractivity contribution in [2.24, 2.45) is 0 Å². The van der Waals surface area contributed by atoms with Crippen LogP contribution in [0.5, 0.6) is 0 Å². The number of aliphatic hydroxyl groups excluding tert-OH is 1. The molecule has 4 rings (SSSR count). The molecule has 2 aliphatic rings. The third-order valence-electron chi connectivity index (χ3n) is 8.09. The fourth-order valence-electron chi connectivity index (χ4n) is 6.09. The van der Waals surface area contributed by atoms with Crippen molar-refractivity contribution in [2.45, 2.75) is 87.7 Å². The van der Waals surface area contributed by atoms with Crippen molar-refractivity contribution in [1.29, 1.82) is 0 Å². The Morgan fingerprint density at radius 1 is 0.833 bits per heavy atom. The molecule has 0 unspecified atom stereocenters. The van der Waals surface area contributed by atoms with E-state index in [2.05, 4.69) is 4.90 Å². The maximum atomic E-state index is 13.3. The van der Waals surface area contributed by atoms with Gasteiger partial charge < -0.3 is 10.0 Å². The number of hydrogen-bond donors (Lipinski definition) is 1. The van der Waals surface area contributed by atoms with Crippen LogP contribution < -0.4 is 0 Å². The van der Waals surface area contributed by atoms with E-state index in [1.807, 2.05) is 30.3 Å². The quantitative estimate of drug-likeness (QED) is 0.407. The van der Waals surface area contributed by atoms with E-state index < -0.39 is 35.0 Å². The summed E-state index contributed by atoms with van der Waals surface area (Å²) in [4.78, 5) is 2.53. The number of rotatable bonds is 6. The second kappa shape index (κ2) is 10.7. The molecule has 198 valence electrons. The van der Waals surface area contributed by atoms with Crippen molar-refractivity contribution in [3.8, 4) is 0 Å². The molecular weight excluding hydrogens is 480 g/mol. The number of hydrogen-bond acceptors (Lipinski definition) is 2. The summed E-state index contributed by atoms with van der Waals surface area (Å²) in [5.41, 5.74) is -2.29. The Morgan fingerprint density at radius 3 is 1.92 bits per heavy atom. The molecule has 0 bridgehead atoms.